The Morgan fingerprint density at radius 1 is 1.67 bits per heavy atom. The van der Waals surface area contributed by atoms with Gasteiger partial charge in [-0.2, -0.15) is 11.8 Å². The van der Waals surface area contributed by atoms with Gasteiger partial charge in [-0.05, 0) is 25.1 Å². The van der Waals surface area contributed by atoms with Crippen LogP contribution in [0.2, 0.25) is 0 Å². The van der Waals surface area contributed by atoms with Crippen LogP contribution in [-0.4, -0.2) is 23.0 Å². The second-order valence-electron chi connectivity index (χ2n) is 4.39. The number of thioether (sulfide) groups is 1. The van der Waals surface area contributed by atoms with Gasteiger partial charge in [-0.3, -0.25) is 0 Å². The maximum atomic E-state index is 5.79. The molecule has 2 N–H and O–H groups in total. The Labute approximate surface area is 94.8 Å². The minimum Gasteiger partial charge on any atom is -0.445 e. The highest BCUT2D eigenvalue weighted by atomic mass is 32.2. The zero-order chi connectivity index (χ0) is 10.7. The summed E-state index contributed by atoms with van der Waals surface area (Å²) in [5.41, 5.74) is 5.62. The summed E-state index contributed by atoms with van der Waals surface area (Å²) in [5.74, 6) is 4.24. The van der Waals surface area contributed by atoms with Crippen LogP contribution in [0.25, 0.3) is 0 Å². The summed E-state index contributed by atoms with van der Waals surface area (Å²) in [5, 5.41) is 0. The Morgan fingerprint density at radius 2 is 2.53 bits per heavy atom. The van der Waals surface area contributed by atoms with Crippen LogP contribution in [0, 0.1) is 0 Å². The number of aromatic nitrogens is 1. The van der Waals surface area contributed by atoms with Gasteiger partial charge in [-0.1, -0.05) is 6.92 Å². The molecule has 0 saturated carbocycles. The van der Waals surface area contributed by atoms with Gasteiger partial charge >= 0.3 is 0 Å². The Morgan fingerprint density at radius 3 is 3.20 bits per heavy atom. The summed E-state index contributed by atoms with van der Waals surface area (Å²) >= 11 is 1.98. The lowest BCUT2D eigenvalue weighted by Gasteiger charge is -2.17. The van der Waals surface area contributed by atoms with Crippen LogP contribution < -0.4 is 5.73 Å². The molecule has 0 aliphatic carbocycles. The quantitative estimate of drug-likeness (QED) is 0.852. The molecule has 1 saturated heterocycles. The number of nitrogens with two attached hydrogens (primary N) is 1. The van der Waals surface area contributed by atoms with E-state index >= 15 is 0 Å². The van der Waals surface area contributed by atoms with Crippen LogP contribution in [0.3, 0.4) is 0 Å². The molecule has 1 unspecified atom stereocenters. The third-order valence-electron chi connectivity index (χ3n) is 2.92. The predicted octanol–water partition coefficient (Wildman–Crippen LogP) is 1.96. The molecular weight excluding hydrogens is 208 g/mol. The molecule has 1 fully saturated rings. The molecule has 0 amide bonds. The molecule has 1 aromatic rings. The molecule has 3 nitrogen and oxygen atoms in total. The average Bonchev–Trinajstić information content (AvgIpc) is 2.84. The Hall–Kier alpha value is -0.480. The Kier molecular flexibility index (Phi) is 3.36. The van der Waals surface area contributed by atoms with Gasteiger partial charge in [0.1, 0.15) is 5.76 Å². The summed E-state index contributed by atoms with van der Waals surface area (Å²) in [7, 11) is 0. The molecule has 1 aromatic heterocycles. The topological polar surface area (TPSA) is 52.0 Å². The van der Waals surface area contributed by atoms with Crippen LogP contribution in [0.15, 0.2) is 10.6 Å². The van der Waals surface area contributed by atoms with Crippen molar-refractivity contribution >= 4 is 11.8 Å². The van der Waals surface area contributed by atoms with E-state index in [0.29, 0.717) is 6.54 Å². The maximum Gasteiger partial charge on any atom is 0.201 e. The summed E-state index contributed by atoms with van der Waals surface area (Å²) < 4.78 is 5.79. The second-order valence-corrected chi connectivity index (χ2v) is 5.49. The van der Waals surface area contributed by atoms with Crippen molar-refractivity contribution in [3.63, 3.8) is 0 Å². The SMILES string of the molecule is CC1(c2ncc(CCCN)o2)CCSC1. The fourth-order valence-electron chi connectivity index (χ4n) is 1.81. The van der Waals surface area contributed by atoms with Gasteiger partial charge in [0.05, 0.1) is 11.6 Å². The van der Waals surface area contributed by atoms with Crippen LogP contribution in [0.1, 0.15) is 31.4 Å². The van der Waals surface area contributed by atoms with Gasteiger partial charge < -0.3 is 10.2 Å². The third-order valence-corrected chi connectivity index (χ3v) is 4.25. The molecule has 1 aliphatic rings. The fourth-order valence-corrected chi connectivity index (χ4v) is 3.27. The highest BCUT2D eigenvalue weighted by molar-refractivity contribution is 7.99. The van der Waals surface area contributed by atoms with Crippen molar-refractivity contribution in [3.8, 4) is 0 Å². The first-order valence-corrected chi connectivity index (χ1v) is 6.63. The van der Waals surface area contributed by atoms with Crippen molar-refractivity contribution in [3.05, 3.63) is 17.8 Å². The van der Waals surface area contributed by atoms with Gasteiger partial charge in [-0.15, -0.1) is 0 Å². The van der Waals surface area contributed by atoms with Crippen molar-refractivity contribution in [2.75, 3.05) is 18.1 Å². The zero-order valence-electron chi connectivity index (χ0n) is 9.16. The van der Waals surface area contributed by atoms with E-state index in [1.165, 1.54) is 12.2 Å². The fraction of sp³-hybridized carbons (Fsp3) is 0.727. The molecule has 0 radical (unpaired) electrons. The molecule has 84 valence electrons. The Bertz CT molecular complexity index is 318. The molecule has 15 heavy (non-hydrogen) atoms. The smallest absolute Gasteiger partial charge is 0.201 e. The normalized spacial score (nSPS) is 26.0. The number of nitrogens with zero attached hydrogens (tertiary/aromatic N) is 1. The molecule has 2 rings (SSSR count). The number of hydrogen-bond acceptors (Lipinski definition) is 4. The summed E-state index contributed by atoms with van der Waals surface area (Å²) in [6, 6.07) is 0. The van der Waals surface area contributed by atoms with Crippen molar-refractivity contribution in [1.29, 1.82) is 0 Å². The standard InChI is InChI=1S/C11H18N2OS/c1-11(4-6-15-8-11)10-13-7-9(14-10)3-2-5-12/h7H,2-6,8,12H2,1H3. The van der Waals surface area contributed by atoms with Crippen molar-refractivity contribution in [2.45, 2.75) is 31.6 Å². The first-order chi connectivity index (χ1) is 7.24. The van der Waals surface area contributed by atoms with Gasteiger partial charge in [0.2, 0.25) is 5.89 Å². The van der Waals surface area contributed by atoms with E-state index in [1.807, 2.05) is 18.0 Å². The van der Waals surface area contributed by atoms with Crippen molar-refractivity contribution in [2.24, 2.45) is 5.73 Å². The van der Waals surface area contributed by atoms with E-state index < -0.39 is 0 Å². The van der Waals surface area contributed by atoms with Gasteiger partial charge in [0.25, 0.3) is 0 Å². The van der Waals surface area contributed by atoms with Crippen LogP contribution in [0.5, 0.6) is 0 Å². The predicted molar refractivity (Wildman–Crippen MR) is 63.2 cm³/mol. The number of hydrogen-bond donors (Lipinski definition) is 1. The van der Waals surface area contributed by atoms with E-state index in [-0.39, 0.29) is 5.41 Å². The first kappa shape index (κ1) is 11.0. The monoisotopic (exact) mass is 226 g/mol. The lowest BCUT2D eigenvalue weighted by Crippen LogP contribution is -2.21. The summed E-state index contributed by atoms with van der Waals surface area (Å²) in [6.45, 7) is 2.95. The third kappa shape index (κ3) is 2.37. The van der Waals surface area contributed by atoms with E-state index in [9.17, 15) is 0 Å². The zero-order valence-corrected chi connectivity index (χ0v) is 9.98. The molecule has 0 aromatic carbocycles. The molecule has 0 spiro atoms. The van der Waals surface area contributed by atoms with Crippen LogP contribution >= 0.6 is 11.8 Å². The molecular formula is C11H18N2OS. The molecule has 4 heteroatoms. The van der Waals surface area contributed by atoms with Gasteiger partial charge in [-0.25, -0.2) is 4.98 Å². The van der Waals surface area contributed by atoms with Crippen LogP contribution in [0.4, 0.5) is 0 Å². The Balaban J connectivity index is 2.05. The first-order valence-electron chi connectivity index (χ1n) is 5.47. The highest BCUT2D eigenvalue weighted by Gasteiger charge is 2.35. The van der Waals surface area contributed by atoms with Crippen molar-refractivity contribution < 1.29 is 4.42 Å². The van der Waals surface area contributed by atoms with E-state index in [1.54, 1.807) is 0 Å². The van der Waals surface area contributed by atoms with Crippen molar-refractivity contribution in [1.82, 2.24) is 4.98 Å². The van der Waals surface area contributed by atoms with E-state index in [4.69, 9.17) is 10.2 Å². The molecule has 1 aliphatic heterocycles. The van der Waals surface area contributed by atoms with Crippen LogP contribution in [-0.2, 0) is 11.8 Å². The maximum absolute atomic E-state index is 5.79. The lowest BCUT2D eigenvalue weighted by molar-refractivity contribution is 0.357. The number of oxazole rings is 1. The number of aryl methyl sites for hydroxylation is 1. The summed E-state index contributed by atoms with van der Waals surface area (Å²) in [6.07, 6.45) is 4.92. The highest BCUT2D eigenvalue weighted by Crippen LogP contribution is 2.38. The lowest BCUT2D eigenvalue weighted by atomic mass is 9.90. The summed E-state index contributed by atoms with van der Waals surface area (Å²) in [4.78, 5) is 4.40. The van der Waals surface area contributed by atoms with E-state index in [2.05, 4.69) is 11.9 Å². The molecule has 0 bridgehead atoms. The van der Waals surface area contributed by atoms with Gasteiger partial charge in [0.15, 0.2) is 0 Å². The molecule has 1 atom stereocenters. The number of rotatable bonds is 4. The minimum absolute atomic E-state index is 0.158. The minimum atomic E-state index is 0.158. The largest absolute Gasteiger partial charge is 0.445 e. The second kappa shape index (κ2) is 4.58. The van der Waals surface area contributed by atoms with E-state index in [0.717, 1.165) is 30.2 Å². The van der Waals surface area contributed by atoms with Gasteiger partial charge in [0, 0.05) is 12.2 Å². The average molecular weight is 226 g/mol. The molecule has 2 heterocycles.